The van der Waals surface area contributed by atoms with Crippen molar-refractivity contribution in [3.8, 4) is 12.3 Å². The number of carbonyl (C=O) groups is 5. The van der Waals surface area contributed by atoms with Gasteiger partial charge in [0.05, 0.1) is 6.42 Å². The first-order valence-corrected chi connectivity index (χ1v) is 10.9. The summed E-state index contributed by atoms with van der Waals surface area (Å²) >= 11 is 0. The van der Waals surface area contributed by atoms with E-state index in [0.717, 1.165) is 38.5 Å². The van der Waals surface area contributed by atoms with Crippen molar-refractivity contribution in [1.82, 2.24) is 15.7 Å². The molecule has 9 nitrogen and oxygen atoms in total. The fourth-order valence-corrected chi connectivity index (χ4v) is 3.77. The summed E-state index contributed by atoms with van der Waals surface area (Å²) in [6.45, 7) is 1.15. The lowest BCUT2D eigenvalue weighted by Gasteiger charge is -2.27. The average Bonchev–Trinajstić information content (AvgIpc) is 3.07. The van der Waals surface area contributed by atoms with Gasteiger partial charge in [-0.1, -0.05) is 12.3 Å². The zero-order chi connectivity index (χ0) is 22.6. The molecule has 0 unspecified atom stereocenters. The van der Waals surface area contributed by atoms with Crippen LogP contribution in [0.25, 0.3) is 0 Å². The van der Waals surface area contributed by atoms with Gasteiger partial charge >= 0.3 is 5.97 Å². The Bertz CT molecular complexity index is 705. The summed E-state index contributed by atoms with van der Waals surface area (Å²) in [7, 11) is 0. The van der Waals surface area contributed by atoms with Crippen LogP contribution in [-0.4, -0.2) is 47.8 Å². The molecule has 1 aliphatic heterocycles. The molecule has 2 N–H and O–H groups in total. The molecule has 0 aromatic heterocycles. The molecule has 0 atom stereocenters. The normalized spacial score (nSPS) is 20.8. The van der Waals surface area contributed by atoms with Crippen LogP contribution in [0.1, 0.15) is 70.6 Å². The van der Waals surface area contributed by atoms with Gasteiger partial charge in [0.15, 0.2) is 0 Å². The van der Waals surface area contributed by atoms with Crippen molar-refractivity contribution in [3.63, 3.8) is 0 Å². The van der Waals surface area contributed by atoms with Gasteiger partial charge in [-0.25, -0.2) is 4.79 Å². The summed E-state index contributed by atoms with van der Waals surface area (Å²) in [4.78, 5) is 63.0. The Morgan fingerprint density at radius 2 is 1.68 bits per heavy atom. The summed E-state index contributed by atoms with van der Waals surface area (Å²) < 4.78 is 0. The monoisotopic (exact) mass is 433 g/mol. The third-order valence-corrected chi connectivity index (χ3v) is 5.62. The second-order valence-corrected chi connectivity index (χ2v) is 8.05. The second kappa shape index (κ2) is 12.7. The SMILES string of the molecule is C#CCC(=O)NCC1CCC(C(=O)NCCCCCC(=O)ON2C(=O)CCC2=O)CC1. The molecule has 0 spiro atoms. The maximum atomic E-state index is 12.3. The van der Waals surface area contributed by atoms with Gasteiger partial charge in [-0.3, -0.25) is 19.2 Å². The topological polar surface area (TPSA) is 122 Å². The maximum absolute atomic E-state index is 12.3. The summed E-state index contributed by atoms with van der Waals surface area (Å²) in [6.07, 6.45) is 10.9. The summed E-state index contributed by atoms with van der Waals surface area (Å²) in [6, 6.07) is 0. The van der Waals surface area contributed by atoms with Crippen molar-refractivity contribution in [3.05, 3.63) is 0 Å². The van der Waals surface area contributed by atoms with Gasteiger partial charge in [0.2, 0.25) is 11.8 Å². The van der Waals surface area contributed by atoms with E-state index in [1.54, 1.807) is 0 Å². The van der Waals surface area contributed by atoms with Crippen LogP contribution in [0.5, 0.6) is 0 Å². The Kier molecular flexibility index (Phi) is 10.0. The molecule has 2 fully saturated rings. The van der Waals surface area contributed by atoms with E-state index in [1.165, 1.54) is 0 Å². The lowest BCUT2D eigenvalue weighted by atomic mass is 9.81. The van der Waals surface area contributed by atoms with Crippen LogP contribution in [-0.2, 0) is 28.8 Å². The first kappa shape index (κ1) is 24.4. The number of hydrogen-bond acceptors (Lipinski definition) is 6. The number of nitrogens with zero attached hydrogens (tertiary/aromatic N) is 1. The van der Waals surface area contributed by atoms with E-state index < -0.39 is 17.8 Å². The fourth-order valence-electron chi connectivity index (χ4n) is 3.77. The van der Waals surface area contributed by atoms with E-state index in [9.17, 15) is 24.0 Å². The molecule has 1 heterocycles. The van der Waals surface area contributed by atoms with Crippen molar-refractivity contribution < 1.29 is 28.8 Å². The minimum atomic E-state index is -0.597. The number of rotatable bonds is 11. The van der Waals surface area contributed by atoms with E-state index >= 15 is 0 Å². The minimum Gasteiger partial charge on any atom is -0.356 e. The number of terminal acetylenes is 1. The van der Waals surface area contributed by atoms with Crippen LogP contribution in [0.4, 0.5) is 0 Å². The Labute approximate surface area is 182 Å². The van der Waals surface area contributed by atoms with Crippen LogP contribution in [0.2, 0.25) is 0 Å². The molecule has 1 saturated carbocycles. The quantitative estimate of drug-likeness (QED) is 0.287. The number of hydrogen-bond donors (Lipinski definition) is 2. The highest BCUT2D eigenvalue weighted by Gasteiger charge is 2.32. The molecule has 4 amide bonds. The first-order chi connectivity index (χ1) is 14.9. The van der Waals surface area contributed by atoms with Crippen molar-refractivity contribution in [2.75, 3.05) is 13.1 Å². The number of imide groups is 1. The van der Waals surface area contributed by atoms with Crippen molar-refractivity contribution in [1.29, 1.82) is 0 Å². The van der Waals surface area contributed by atoms with Gasteiger partial charge in [0.25, 0.3) is 11.8 Å². The van der Waals surface area contributed by atoms with E-state index in [0.29, 0.717) is 30.5 Å². The summed E-state index contributed by atoms with van der Waals surface area (Å²) in [5.74, 6) is 1.07. The largest absolute Gasteiger partial charge is 0.356 e. The highest BCUT2D eigenvalue weighted by molar-refractivity contribution is 6.01. The molecule has 31 heavy (non-hydrogen) atoms. The summed E-state index contributed by atoms with van der Waals surface area (Å²) in [5, 5.41) is 6.34. The first-order valence-electron chi connectivity index (χ1n) is 10.9. The summed E-state index contributed by atoms with van der Waals surface area (Å²) in [5.41, 5.74) is 0. The molecule has 0 radical (unpaired) electrons. The lowest BCUT2D eigenvalue weighted by molar-refractivity contribution is -0.197. The van der Waals surface area contributed by atoms with Gasteiger partial charge < -0.3 is 15.5 Å². The molecule has 2 rings (SSSR count). The zero-order valence-electron chi connectivity index (χ0n) is 17.8. The predicted molar refractivity (Wildman–Crippen MR) is 111 cm³/mol. The minimum absolute atomic E-state index is 0.00294. The van der Waals surface area contributed by atoms with Crippen LogP contribution < -0.4 is 10.6 Å². The average molecular weight is 434 g/mol. The molecule has 0 aromatic rings. The smallest absolute Gasteiger partial charge is 0.333 e. The van der Waals surface area contributed by atoms with Gasteiger partial charge in [0.1, 0.15) is 0 Å². The molecule has 1 aliphatic carbocycles. The third kappa shape index (κ3) is 8.40. The van der Waals surface area contributed by atoms with Crippen molar-refractivity contribution >= 4 is 29.6 Å². The van der Waals surface area contributed by atoms with Crippen LogP contribution in [0.3, 0.4) is 0 Å². The Balaban J connectivity index is 1.49. The molecular weight excluding hydrogens is 402 g/mol. The highest BCUT2D eigenvalue weighted by atomic mass is 16.7. The van der Waals surface area contributed by atoms with E-state index in [-0.39, 0.29) is 43.4 Å². The fraction of sp³-hybridized carbons (Fsp3) is 0.682. The highest BCUT2D eigenvalue weighted by Crippen LogP contribution is 2.28. The van der Waals surface area contributed by atoms with Crippen molar-refractivity contribution in [2.45, 2.75) is 70.6 Å². The zero-order valence-corrected chi connectivity index (χ0v) is 17.8. The number of amides is 4. The maximum Gasteiger partial charge on any atom is 0.333 e. The lowest BCUT2D eigenvalue weighted by Crippen LogP contribution is -2.36. The predicted octanol–water partition coefficient (Wildman–Crippen LogP) is 1.22. The number of nitrogens with one attached hydrogen (secondary N) is 2. The second-order valence-electron chi connectivity index (χ2n) is 8.05. The molecule has 0 aromatic carbocycles. The van der Waals surface area contributed by atoms with Gasteiger partial charge in [0, 0.05) is 38.3 Å². The van der Waals surface area contributed by atoms with Gasteiger partial charge in [-0.05, 0) is 44.4 Å². The Morgan fingerprint density at radius 1 is 1.00 bits per heavy atom. The van der Waals surface area contributed by atoms with E-state index in [2.05, 4.69) is 16.6 Å². The van der Waals surface area contributed by atoms with Gasteiger partial charge in [-0.2, -0.15) is 0 Å². The molecule has 0 bridgehead atoms. The van der Waals surface area contributed by atoms with Crippen LogP contribution >= 0.6 is 0 Å². The van der Waals surface area contributed by atoms with E-state index in [1.807, 2.05) is 0 Å². The van der Waals surface area contributed by atoms with Crippen molar-refractivity contribution in [2.24, 2.45) is 11.8 Å². The standard InChI is InChI=1S/C22H31N3O6/c1-2-6-18(26)24-15-16-8-10-17(11-9-16)22(30)23-14-5-3-4-7-21(29)31-25-19(27)12-13-20(25)28/h1,16-17H,3-15H2,(H,23,30)(H,24,26). The molecule has 1 saturated heterocycles. The third-order valence-electron chi connectivity index (χ3n) is 5.62. The number of hydroxylamine groups is 2. The molecule has 170 valence electrons. The Morgan fingerprint density at radius 3 is 2.32 bits per heavy atom. The number of unbranched alkanes of at least 4 members (excludes halogenated alkanes) is 2. The molecular formula is C22H31N3O6. The molecule has 2 aliphatic rings. The van der Waals surface area contributed by atoms with Crippen LogP contribution in [0.15, 0.2) is 0 Å². The molecule has 9 heteroatoms. The van der Waals surface area contributed by atoms with Gasteiger partial charge in [-0.15, -0.1) is 11.5 Å². The number of carbonyl (C=O) groups excluding carboxylic acids is 5. The van der Waals surface area contributed by atoms with Crippen LogP contribution in [0, 0.1) is 24.2 Å². The van der Waals surface area contributed by atoms with E-state index in [4.69, 9.17) is 11.3 Å². The Hall–Kier alpha value is -2.89.